The van der Waals surface area contributed by atoms with Crippen molar-refractivity contribution in [3.63, 3.8) is 0 Å². The minimum atomic E-state index is -0.850. The molecule has 1 aliphatic carbocycles. The van der Waals surface area contributed by atoms with Crippen LogP contribution in [0.3, 0.4) is 0 Å². The predicted octanol–water partition coefficient (Wildman–Crippen LogP) is 2.94. The molecule has 21 heavy (non-hydrogen) atoms. The quantitative estimate of drug-likeness (QED) is 0.910. The Bertz CT molecular complexity index is 626. The highest BCUT2D eigenvalue weighted by Crippen LogP contribution is 2.37. The number of hydrogen-bond donors (Lipinski definition) is 2. The Labute approximate surface area is 126 Å². The SMILES string of the molecule is CN(c1ccccc1)c1ccc2c(c1)CCCC2(O)CN. The van der Waals surface area contributed by atoms with Crippen LogP contribution in [0.5, 0.6) is 0 Å². The molecule has 1 aliphatic rings. The van der Waals surface area contributed by atoms with E-state index < -0.39 is 5.60 Å². The number of fused-ring (bicyclic) bond motifs is 1. The molecule has 0 radical (unpaired) electrons. The summed E-state index contributed by atoms with van der Waals surface area (Å²) in [4.78, 5) is 2.16. The molecule has 1 unspecified atom stereocenters. The van der Waals surface area contributed by atoms with Crippen LogP contribution >= 0.6 is 0 Å². The minimum Gasteiger partial charge on any atom is -0.384 e. The Hall–Kier alpha value is -1.84. The zero-order valence-electron chi connectivity index (χ0n) is 12.4. The lowest BCUT2D eigenvalue weighted by Crippen LogP contribution is -2.38. The van der Waals surface area contributed by atoms with Crippen LogP contribution in [0.1, 0.15) is 24.0 Å². The summed E-state index contributed by atoms with van der Waals surface area (Å²) >= 11 is 0. The van der Waals surface area contributed by atoms with Gasteiger partial charge < -0.3 is 15.7 Å². The summed E-state index contributed by atoms with van der Waals surface area (Å²) in [6, 6.07) is 16.6. The molecule has 1 atom stereocenters. The van der Waals surface area contributed by atoms with Crippen molar-refractivity contribution in [2.75, 3.05) is 18.5 Å². The van der Waals surface area contributed by atoms with Crippen molar-refractivity contribution in [1.82, 2.24) is 0 Å². The van der Waals surface area contributed by atoms with Crippen LogP contribution < -0.4 is 10.6 Å². The molecule has 0 saturated carbocycles. The van der Waals surface area contributed by atoms with Gasteiger partial charge in [-0.1, -0.05) is 24.3 Å². The largest absolute Gasteiger partial charge is 0.384 e. The highest BCUT2D eigenvalue weighted by atomic mass is 16.3. The number of aryl methyl sites for hydroxylation is 1. The second kappa shape index (κ2) is 5.51. The van der Waals surface area contributed by atoms with E-state index in [0.717, 1.165) is 36.2 Å². The van der Waals surface area contributed by atoms with Crippen LogP contribution in [0.2, 0.25) is 0 Å². The van der Waals surface area contributed by atoms with Gasteiger partial charge in [0.25, 0.3) is 0 Å². The fourth-order valence-corrected chi connectivity index (χ4v) is 3.17. The number of hydrogen-bond acceptors (Lipinski definition) is 3. The Morgan fingerprint density at radius 3 is 2.62 bits per heavy atom. The molecule has 110 valence electrons. The molecule has 3 heteroatoms. The van der Waals surface area contributed by atoms with Gasteiger partial charge in [0.05, 0.1) is 0 Å². The van der Waals surface area contributed by atoms with E-state index in [4.69, 9.17) is 5.73 Å². The molecule has 0 fully saturated rings. The summed E-state index contributed by atoms with van der Waals surface area (Å²) < 4.78 is 0. The van der Waals surface area contributed by atoms with Gasteiger partial charge in [0.1, 0.15) is 5.60 Å². The number of rotatable bonds is 3. The maximum atomic E-state index is 10.6. The van der Waals surface area contributed by atoms with Gasteiger partial charge in [-0.25, -0.2) is 0 Å². The molecular formula is C18H22N2O. The summed E-state index contributed by atoms with van der Waals surface area (Å²) in [7, 11) is 2.06. The zero-order chi connectivity index (χ0) is 14.9. The highest BCUT2D eigenvalue weighted by molar-refractivity contribution is 5.64. The van der Waals surface area contributed by atoms with Gasteiger partial charge in [-0.2, -0.15) is 0 Å². The van der Waals surface area contributed by atoms with Gasteiger partial charge >= 0.3 is 0 Å². The number of para-hydroxylation sites is 1. The fourth-order valence-electron chi connectivity index (χ4n) is 3.17. The molecule has 0 heterocycles. The summed E-state index contributed by atoms with van der Waals surface area (Å²) in [5, 5.41) is 10.6. The van der Waals surface area contributed by atoms with Gasteiger partial charge in [-0.3, -0.25) is 0 Å². The van der Waals surface area contributed by atoms with Crippen LogP contribution in [-0.4, -0.2) is 18.7 Å². The van der Waals surface area contributed by atoms with E-state index in [9.17, 15) is 5.11 Å². The molecule has 0 spiro atoms. The summed E-state index contributed by atoms with van der Waals surface area (Å²) in [5.41, 5.74) is 9.44. The second-order valence-electron chi connectivity index (χ2n) is 5.83. The van der Waals surface area contributed by atoms with Crippen molar-refractivity contribution in [2.24, 2.45) is 5.73 Å². The first kappa shape index (κ1) is 14.1. The predicted molar refractivity (Wildman–Crippen MR) is 86.8 cm³/mol. The maximum absolute atomic E-state index is 10.6. The molecule has 3 N–H and O–H groups in total. The molecule has 2 aromatic rings. The molecule has 3 nitrogen and oxygen atoms in total. The second-order valence-corrected chi connectivity index (χ2v) is 5.83. The lowest BCUT2D eigenvalue weighted by Gasteiger charge is -2.34. The number of anilines is 2. The standard InChI is InChI=1S/C18H22N2O/c1-20(15-7-3-2-4-8-15)16-9-10-17-14(12-16)6-5-11-18(17,21)13-19/h2-4,7-10,12,21H,5-6,11,13,19H2,1H3. The van der Waals surface area contributed by atoms with Crippen LogP contribution in [0.15, 0.2) is 48.5 Å². The van der Waals surface area contributed by atoms with Gasteiger partial charge in [-0.05, 0) is 54.7 Å². The number of benzene rings is 2. The van der Waals surface area contributed by atoms with E-state index in [1.54, 1.807) is 0 Å². The monoisotopic (exact) mass is 282 g/mol. The maximum Gasteiger partial charge on any atom is 0.102 e. The van der Waals surface area contributed by atoms with Crippen LogP contribution in [-0.2, 0) is 12.0 Å². The average Bonchev–Trinajstić information content (AvgIpc) is 2.55. The smallest absolute Gasteiger partial charge is 0.102 e. The van der Waals surface area contributed by atoms with E-state index in [1.807, 2.05) is 24.3 Å². The first-order valence-corrected chi connectivity index (χ1v) is 7.49. The van der Waals surface area contributed by atoms with Crippen LogP contribution in [0.25, 0.3) is 0 Å². The third kappa shape index (κ3) is 2.55. The van der Waals surface area contributed by atoms with E-state index in [1.165, 1.54) is 5.56 Å². The Morgan fingerprint density at radius 2 is 1.90 bits per heavy atom. The summed E-state index contributed by atoms with van der Waals surface area (Å²) in [5.74, 6) is 0. The Kier molecular flexibility index (Phi) is 3.70. The van der Waals surface area contributed by atoms with Gasteiger partial charge in [0.15, 0.2) is 0 Å². The van der Waals surface area contributed by atoms with Crippen LogP contribution in [0.4, 0.5) is 11.4 Å². The van der Waals surface area contributed by atoms with Gasteiger partial charge in [-0.15, -0.1) is 0 Å². The van der Waals surface area contributed by atoms with E-state index in [-0.39, 0.29) is 6.54 Å². The number of nitrogens with two attached hydrogens (primary N) is 1. The minimum absolute atomic E-state index is 0.286. The van der Waals surface area contributed by atoms with Crippen molar-refractivity contribution in [1.29, 1.82) is 0 Å². The third-order valence-electron chi connectivity index (χ3n) is 4.50. The molecular weight excluding hydrogens is 260 g/mol. The molecule has 2 aromatic carbocycles. The highest BCUT2D eigenvalue weighted by Gasteiger charge is 2.33. The van der Waals surface area contributed by atoms with Crippen molar-refractivity contribution in [2.45, 2.75) is 24.9 Å². The molecule has 0 aromatic heterocycles. The molecule has 0 saturated heterocycles. The third-order valence-corrected chi connectivity index (χ3v) is 4.50. The topological polar surface area (TPSA) is 49.5 Å². The average molecular weight is 282 g/mol. The lowest BCUT2D eigenvalue weighted by molar-refractivity contribution is 0.0280. The van der Waals surface area contributed by atoms with E-state index in [2.05, 4.69) is 36.2 Å². The number of nitrogens with zero attached hydrogens (tertiary/aromatic N) is 1. The molecule has 0 bridgehead atoms. The first-order chi connectivity index (χ1) is 10.1. The Balaban J connectivity index is 1.97. The lowest BCUT2D eigenvalue weighted by atomic mass is 9.79. The molecule has 3 rings (SSSR count). The summed E-state index contributed by atoms with van der Waals surface area (Å²) in [6.45, 7) is 0.286. The summed E-state index contributed by atoms with van der Waals surface area (Å²) in [6.07, 6.45) is 2.75. The number of aliphatic hydroxyl groups is 1. The molecule has 0 amide bonds. The van der Waals surface area contributed by atoms with Crippen LogP contribution in [0, 0.1) is 0 Å². The first-order valence-electron chi connectivity index (χ1n) is 7.49. The zero-order valence-corrected chi connectivity index (χ0v) is 12.4. The van der Waals surface area contributed by atoms with E-state index in [0.29, 0.717) is 0 Å². The van der Waals surface area contributed by atoms with Crippen molar-refractivity contribution in [3.8, 4) is 0 Å². The fraction of sp³-hybridized carbons (Fsp3) is 0.333. The normalized spacial score (nSPS) is 20.9. The van der Waals surface area contributed by atoms with Gasteiger partial charge in [0.2, 0.25) is 0 Å². The molecule has 0 aliphatic heterocycles. The Morgan fingerprint density at radius 1 is 1.14 bits per heavy atom. The van der Waals surface area contributed by atoms with Crippen molar-refractivity contribution < 1.29 is 5.11 Å². The van der Waals surface area contributed by atoms with E-state index >= 15 is 0 Å². The van der Waals surface area contributed by atoms with Crippen molar-refractivity contribution in [3.05, 3.63) is 59.7 Å². The van der Waals surface area contributed by atoms with Crippen molar-refractivity contribution >= 4 is 11.4 Å². The van der Waals surface area contributed by atoms with Gasteiger partial charge in [0, 0.05) is 25.0 Å².